The molecule has 33 unspecified atom stereocenters. The van der Waals surface area contributed by atoms with E-state index in [1.165, 1.54) is 6.92 Å². The van der Waals surface area contributed by atoms with Crippen molar-refractivity contribution in [3.8, 4) is 0 Å². The number of rotatable bonds is 15. The lowest BCUT2D eigenvalue weighted by atomic mass is 9.30. The van der Waals surface area contributed by atoms with Crippen LogP contribution >= 0.6 is 0 Å². The van der Waals surface area contributed by atoms with Crippen LogP contribution in [0.1, 0.15) is 134 Å². The van der Waals surface area contributed by atoms with Gasteiger partial charge in [-0.15, -0.1) is 0 Å². The average Bonchev–Trinajstić information content (AvgIpc) is 1.56. The lowest BCUT2D eigenvalue weighted by Crippen LogP contribution is -2.77. The summed E-state index contributed by atoms with van der Waals surface area (Å²) in [7, 11) is 0. The Hall–Kier alpha value is -2.50. The maximum absolute atomic E-state index is 14.0. The second-order valence-corrected chi connectivity index (χ2v) is 29.9. The highest BCUT2D eigenvalue weighted by Crippen LogP contribution is 2.82. The third-order valence-corrected chi connectivity index (χ3v) is 24.8. The quantitative estimate of drug-likeness (QED) is 0.0530. The van der Waals surface area contributed by atoms with E-state index in [-0.39, 0.29) is 18.3 Å². The Bertz CT molecular complexity index is 2680. The number of allylic oxidation sites excluding steroid dienone is 2. The summed E-state index contributed by atoms with van der Waals surface area (Å²) in [6.07, 6.45) is -34.6. The summed E-state index contributed by atoms with van der Waals surface area (Å²) < 4.78 is 70.0. The summed E-state index contributed by atoms with van der Waals surface area (Å²) in [5.41, 5.74) is -5.44. The van der Waals surface area contributed by atoms with Gasteiger partial charge in [-0.2, -0.15) is 0 Å². The minimum Gasteiger partial charge on any atom is -0.454 e. The molecule has 33 atom stereocenters. The van der Waals surface area contributed by atoms with Crippen LogP contribution in [0.5, 0.6) is 0 Å². The molecule has 5 heterocycles. The van der Waals surface area contributed by atoms with Gasteiger partial charge in [0.15, 0.2) is 37.6 Å². The SMILES string of the molecule is CC=C(C)C(=O)OC1C(OC(=O)C(C)=CC)C23C(O)CC4(C)C5(C)CCC6C(C)(C)C(OC7OC(CO)C(O)C(OC8OC(CO)C(O)C(O)C8OC8OC(C)C(O)C(O)C8O)C7OC7OC(CO)C(O)C(O)C7O)CCC6(C)C5CCC4(OC2O)C3CC1(C)C. The van der Waals surface area contributed by atoms with Crippen LogP contribution in [0.25, 0.3) is 0 Å². The molecule has 14 N–H and O–H groups in total. The van der Waals surface area contributed by atoms with Crippen LogP contribution in [-0.4, -0.2) is 262 Å². The van der Waals surface area contributed by atoms with Crippen LogP contribution in [0.15, 0.2) is 23.3 Å². The van der Waals surface area contributed by atoms with Crippen LogP contribution in [0.4, 0.5) is 0 Å². The number of fused-ring (bicyclic) bond motifs is 4. The highest BCUT2D eigenvalue weighted by Gasteiger charge is 2.86. The molecule has 5 aliphatic heterocycles. The van der Waals surface area contributed by atoms with E-state index in [9.17, 15) is 81.1 Å². The fourth-order valence-electron chi connectivity index (χ4n) is 19.2. The molecular weight excluding hydrogens is 1200 g/mol. The van der Waals surface area contributed by atoms with Gasteiger partial charge in [-0.3, -0.25) is 0 Å². The highest BCUT2D eigenvalue weighted by molar-refractivity contribution is 5.89. The Morgan fingerprint density at radius 2 is 1.00 bits per heavy atom. The second kappa shape index (κ2) is 25.7. The normalized spacial score (nSPS) is 52.9. The minimum absolute atomic E-state index is 0.0189. The number of esters is 2. The van der Waals surface area contributed by atoms with Gasteiger partial charge in [0.25, 0.3) is 0 Å². The summed E-state index contributed by atoms with van der Waals surface area (Å²) in [5.74, 6) is -1.98. The Kier molecular flexibility index (Phi) is 20.2. The molecule has 10 fully saturated rings. The molecular formula is C64H102O27. The molecule has 0 aromatic carbocycles. The van der Waals surface area contributed by atoms with Crippen molar-refractivity contribution in [2.75, 3.05) is 19.8 Å². The summed E-state index contributed by atoms with van der Waals surface area (Å²) in [4.78, 5) is 27.7. The summed E-state index contributed by atoms with van der Waals surface area (Å²) in [6, 6.07) is 0. The van der Waals surface area contributed by atoms with Gasteiger partial charge in [0.2, 0.25) is 0 Å². The molecule has 27 heteroatoms. The smallest absolute Gasteiger partial charge is 0.333 e. The Labute approximate surface area is 530 Å². The van der Waals surface area contributed by atoms with Crippen molar-refractivity contribution in [1.82, 2.24) is 0 Å². The van der Waals surface area contributed by atoms with Gasteiger partial charge in [0, 0.05) is 27.9 Å². The van der Waals surface area contributed by atoms with Gasteiger partial charge < -0.3 is 124 Å². The molecule has 0 amide bonds. The van der Waals surface area contributed by atoms with Gasteiger partial charge in [0.1, 0.15) is 97.7 Å². The predicted molar refractivity (Wildman–Crippen MR) is 311 cm³/mol. The number of hydrogen-bond donors (Lipinski definition) is 14. The van der Waals surface area contributed by atoms with E-state index in [4.69, 9.17) is 52.1 Å². The average molecular weight is 1300 g/mol. The van der Waals surface area contributed by atoms with Crippen molar-refractivity contribution >= 4 is 11.9 Å². The lowest BCUT2D eigenvalue weighted by Gasteiger charge is -2.75. The molecule has 0 radical (unpaired) electrons. The molecule has 2 bridgehead atoms. The first-order chi connectivity index (χ1) is 42.6. The number of carbonyl (C=O) groups is 2. The highest BCUT2D eigenvalue weighted by atomic mass is 16.8. The van der Waals surface area contributed by atoms with Crippen molar-refractivity contribution < 1.29 is 133 Å². The third kappa shape index (κ3) is 11.1. The van der Waals surface area contributed by atoms with Crippen LogP contribution in [0.3, 0.4) is 0 Å². The number of hydrogen-bond acceptors (Lipinski definition) is 27. The molecule has 91 heavy (non-hydrogen) atoms. The van der Waals surface area contributed by atoms with Gasteiger partial charge in [-0.1, -0.05) is 60.6 Å². The Morgan fingerprint density at radius 3 is 1.58 bits per heavy atom. The maximum Gasteiger partial charge on any atom is 0.333 e. The fraction of sp³-hybridized carbons (Fsp3) is 0.906. The number of aliphatic hydroxyl groups is 14. The summed E-state index contributed by atoms with van der Waals surface area (Å²) in [6.45, 7) is 20.2. The third-order valence-electron chi connectivity index (χ3n) is 24.8. The molecule has 0 aromatic rings. The predicted octanol–water partition coefficient (Wildman–Crippen LogP) is -1.03. The van der Waals surface area contributed by atoms with Gasteiger partial charge in [0.05, 0.1) is 49.1 Å². The molecule has 5 saturated carbocycles. The molecule has 520 valence electrons. The van der Waals surface area contributed by atoms with E-state index in [0.29, 0.717) is 56.1 Å². The zero-order valence-corrected chi connectivity index (χ0v) is 54.2. The van der Waals surface area contributed by atoms with Gasteiger partial charge in [-0.25, -0.2) is 9.59 Å². The van der Waals surface area contributed by atoms with Gasteiger partial charge in [-0.05, 0) is 114 Å². The minimum atomic E-state index is -2.03. The Morgan fingerprint density at radius 1 is 0.505 bits per heavy atom. The second-order valence-electron chi connectivity index (χ2n) is 29.9. The lowest BCUT2D eigenvalue weighted by molar-refractivity contribution is -0.409. The monoisotopic (exact) mass is 1300 g/mol. The van der Waals surface area contributed by atoms with Crippen molar-refractivity contribution in [1.29, 1.82) is 0 Å². The molecule has 5 saturated heterocycles. The van der Waals surface area contributed by atoms with Crippen molar-refractivity contribution in [2.45, 2.75) is 294 Å². The zero-order valence-electron chi connectivity index (χ0n) is 54.2. The largest absolute Gasteiger partial charge is 0.454 e. The van der Waals surface area contributed by atoms with E-state index >= 15 is 0 Å². The molecule has 5 aliphatic carbocycles. The van der Waals surface area contributed by atoms with E-state index < -0.39 is 229 Å². The van der Waals surface area contributed by atoms with Crippen molar-refractivity contribution in [3.05, 3.63) is 23.3 Å². The van der Waals surface area contributed by atoms with Crippen molar-refractivity contribution in [3.63, 3.8) is 0 Å². The topological polar surface area (TPSA) is 419 Å². The fourth-order valence-corrected chi connectivity index (χ4v) is 19.2. The first-order valence-electron chi connectivity index (χ1n) is 32.5. The maximum atomic E-state index is 14.0. The van der Waals surface area contributed by atoms with Crippen LogP contribution in [0.2, 0.25) is 0 Å². The van der Waals surface area contributed by atoms with Crippen molar-refractivity contribution in [2.24, 2.45) is 50.2 Å². The molecule has 1 spiro atoms. The van der Waals surface area contributed by atoms with E-state index in [2.05, 4.69) is 34.6 Å². The van der Waals surface area contributed by atoms with Crippen LogP contribution < -0.4 is 0 Å². The van der Waals surface area contributed by atoms with Crippen LogP contribution in [-0.2, 0) is 61.7 Å². The number of ether oxygens (including phenoxy) is 11. The van der Waals surface area contributed by atoms with E-state index in [1.807, 2.05) is 13.8 Å². The van der Waals surface area contributed by atoms with Gasteiger partial charge >= 0.3 is 11.9 Å². The first-order valence-corrected chi connectivity index (χ1v) is 32.5. The molecule has 10 aliphatic rings. The first kappa shape index (κ1) is 71.3. The molecule has 27 nitrogen and oxygen atoms in total. The number of aliphatic hydroxyl groups excluding tert-OH is 14. The summed E-state index contributed by atoms with van der Waals surface area (Å²) >= 11 is 0. The Balaban J connectivity index is 0.967. The molecule has 10 rings (SSSR count). The summed E-state index contributed by atoms with van der Waals surface area (Å²) in [5, 5.41) is 158. The van der Waals surface area contributed by atoms with Crippen LogP contribution in [0, 0.1) is 50.2 Å². The number of carbonyl (C=O) groups excluding carboxylic acids is 2. The van der Waals surface area contributed by atoms with E-state index in [1.54, 1.807) is 39.8 Å². The zero-order chi connectivity index (χ0) is 66.9. The van der Waals surface area contributed by atoms with E-state index in [0.717, 1.165) is 0 Å². The molecule has 0 aromatic heterocycles. The standard InChI is InChI=1S/C64H102O27/c1-13-26(3)51(78)89-49-50(90-52(79)27(4)14-2)64-34(21-58(49,6)7)63(91-57(64)80)20-16-33-60(10)18-17-36(59(8,9)32(60)15-19-61(33,11)62(63,12)22-35(64)68)85-56-48(88-54-45(77)42(74)38(70)29(23-65)82-54)46(40(72)31(25-67)84-56)86-55-47(43(75)39(71)30(24-66)83-55)87-53-44(76)41(73)37(69)28(5)81-53/h13-14,28-50,53-57,65-77,80H,15-25H2,1-12H3.